The summed E-state index contributed by atoms with van der Waals surface area (Å²) in [7, 11) is 3.94. The zero-order chi connectivity index (χ0) is 13.1. The molecule has 0 aliphatic heterocycles. The van der Waals surface area contributed by atoms with E-state index in [9.17, 15) is 0 Å². The van der Waals surface area contributed by atoms with E-state index in [-0.39, 0.29) is 0 Å². The van der Waals surface area contributed by atoms with Gasteiger partial charge in [0.25, 0.3) is 0 Å². The molecular weight excluding hydrogens is 310 g/mol. The number of benzene rings is 1. The summed E-state index contributed by atoms with van der Waals surface area (Å²) in [5.41, 5.74) is 2.34. The minimum absolute atomic E-state index is 0.868. The van der Waals surface area contributed by atoms with Crippen molar-refractivity contribution in [1.29, 1.82) is 0 Å². The van der Waals surface area contributed by atoms with Crippen molar-refractivity contribution in [3.05, 3.63) is 40.0 Å². The van der Waals surface area contributed by atoms with Gasteiger partial charge in [-0.2, -0.15) is 5.10 Å². The van der Waals surface area contributed by atoms with E-state index >= 15 is 0 Å². The predicted octanol–water partition coefficient (Wildman–Crippen LogP) is 3.36. The minimum Gasteiger partial charge on any atom is -0.316 e. The molecule has 0 saturated carbocycles. The summed E-state index contributed by atoms with van der Waals surface area (Å²) in [5.74, 6) is 0. The number of rotatable bonds is 4. The van der Waals surface area contributed by atoms with Crippen molar-refractivity contribution in [2.45, 2.75) is 23.4 Å². The molecule has 2 rings (SSSR count). The maximum atomic E-state index is 4.37. The predicted molar refractivity (Wildman–Crippen MR) is 79.0 cm³/mol. The van der Waals surface area contributed by atoms with Crippen LogP contribution in [0.25, 0.3) is 0 Å². The van der Waals surface area contributed by atoms with Crippen LogP contribution in [-0.4, -0.2) is 16.8 Å². The lowest BCUT2D eigenvalue weighted by Crippen LogP contribution is -2.06. The molecule has 18 heavy (non-hydrogen) atoms. The van der Waals surface area contributed by atoms with E-state index < -0.39 is 0 Å². The maximum absolute atomic E-state index is 4.37. The first-order valence-corrected chi connectivity index (χ1v) is 7.32. The van der Waals surface area contributed by atoms with Crippen LogP contribution in [-0.2, 0) is 13.6 Å². The third-order valence-electron chi connectivity index (χ3n) is 2.57. The first kappa shape index (κ1) is 13.6. The molecule has 0 aliphatic carbocycles. The van der Waals surface area contributed by atoms with Gasteiger partial charge in [0.05, 0.1) is 10.7 Å². The summed E-state index contributed by atoms with van der Waals surface area (Å²) in [6.45, 7) is 2.88. The Kier molecular flexibility index (Phi) is 4.48. The van der Waals surface area contributed by atoms with Crippen molar-refractivity contribution >= 4 is 27.7 Å². The molecule has 0 spiro atoms. The van der Waals surface area contributed by atoms with Gasteiger partial charge in [-0.1, -0.05) is 33.8 Å². The standard InChI is InChI=1S/C13H16BrN3S/c1-9-6-13(17(3)16-9)18-12-7-11(14)5-4-10(12)8-15-2/h4-7,15H,8H2,1-3H3. The van der Waals surface area contributed by atoms with Crippen molar-refractivity contribution in [2.24, 2.45) is 7.05 Å². The van der Waals surface area contributed by atoms with Crippen LogP contribution >= 0.6 is 27.7 Å². The first-order valence-electron chi connectivity index (χ1n) is 5.71. The maximum Gasteiger partial charge on any atom is 0.0987 e. The lowest BCUT2D eigenvalue weighted by atomic mass is 10.2. The van der Waals surface area contributed by atoms with Gasteiger partial charge in [-0.25, -0.2) is 0 Å². The highest BCUT2D eigenvalue weighted by atomic mass is 79.9. The summed E-state index contributed by atoms with van der Waals surface area (Å²) in [5, 5.41) is 8.73. The molecule has 0 bridgehead atoms. The Hall–Kier alpha value is -0.780. The molecule has 1 aromatic carbocycles. The zero-order valence-corrected chi connectivity index (χ0v) is 13.1. The Balaban J connectivity index is 2.32. The lowest BCUT2D eigenvalue weighted by molar-refractivity contribution is 0.692. The van der Waals surface area contributed by atoms with Gasteiger partial charge in [-0.3, -0.25) is 4.68 Å². The Bertz CT molecular complexity index is 551. The fourth-order valence-corrected chi connectivity index (χ4v) is 3.35. The molecule has 5 heteroatoms. The van der Waals surface area contributed by atoms with Crippen LogP contribution in [0, 0.1) is 6.92 Å². The van der Waals surface area contributed by atoms with Gasteiger partial charge in [0, 0.05) is 23.0 Å². The average molecular weight is 326 g/mol. The molecule has 0 fully saturated rings. The van der Waals surface area contributed by atoms with Crippen molar-refractivity contribution in [2.75, 3.05) is 7.05 Å². The fourth-order valence-electron chi connectivity index (χ4n) is 1.75. The summed E-state index contributed by atoms with van der Waals surface area (Å²) in [6.07, 6.45) is 0. The van der Waals surface area contributed by atoms with E-state index in [1.807, 2.05) is 25.7 Å². The Labute approximate surface area is 120 Å². The molecule has 0 amide bonds. The highest BCUT2D eigenvalue weighted by molar-refractivity contribution is 9.10. The molecule has 0 unspecified atom stereocenters. The van der Waals surface area contributed by atoms with Gasteiger partial charge in [0.2, 0.25) is 0 Å². The third-order valence-corrected chi connectivity index (χ3v) is 4.25. The monoisotopic (exact) mass is 325 g/mol. The van der Waals surface area contributed by atoms with E-state index in [1.165, 1.54) is 10.5 Å². The Morgan fingerprint density at radius 2 is 2.17 bits per heavy atom. The zero-order valence-electron chi connectivity index (χ0n) is 10.7. The number of halogens is 1. The molecular formula is C13H16BrN3S. The smallest absolute Gasteiger partial charge is 0.0987 e. The van der Waals surface area contributed by atoms with Gasteiger partial charge >= 0.3 is 0 Å². The first-order chi connectivity index (χ1) is 8.60. The SMILES string of the molecule is CNCc1ccc(Br)cc1Sc1cc(C)nn1C. The summed E-state index contributed by atoms with van der Waals surface area (Å²) in [6, 6.07) is 8.48. The molecule has 0 aliphatic rings. The molecule has 0 atom stereocenters. The van der Waals surface area contributed by atoms with Crippen LogP contribution in [0.15, 0.2) is 38.7 Å². The number of nitrogens with zero attached hydrogens (tertiary/aromatic N) is 2. The summed E-state index contributed by atoms with van der Waals surface area (Å²) >= 11 is 5.27. The van der Waals surface area contributed by atoms with Crippen molar-refractivity contribution in [1.82, 2.24) is 15.1 Å². The van der Waals surface area contributed by atoms with Crippen molar-refractivity contribution < 1.29 is 0 Å². The van der Waals surface area contributed by atoms with Gasteiger partial charge in [-0.15, -0.1) is 0 Å². The van der Waals surface area contributed by atoms with Crippen LogP contribution < -0.4 is 5.32 Å². The van der Waals surface area contributed by atoms with Crippen LogP contribution in [0.3, 0.4) is 0 Å². The van der Waals surface area contributed by atoms with Crippen LogP contribution in [0.5, 0.6) is 0 Å². The number of hydrogen-bond donors (Lipinski definition) is 1. The van der Waals surface area contributed by atoms with Gasteiger partial charge in [-0.05, 0) is 37.7 Å². The van der Waals surface area contributed by atoms with Crippen LogP contribution in [0.4, 0.5) is 0 Å². The molecule has 1 heterocycles. The fraction of sp³-hybridized carbons (Fsp3) is 0.308. The van der Waals surface area contributed by atoms with Crippen molar-refractivity contribution in [3.63, 3.8) is 0 Å². The Morgan fingerprint density at radius 3 is 2.78 bits per heavy atom. The van der Waals surface area contributed by atoms with Crippen LogP contribution in [0.1, 0.15) is 11.3 Å². The summed E-state index contributed by atoms with van der Waals surface area (Å²) < 4.78 is 3.02. The van der Waals surface area contributed by atoms with E-state index in [4.69, 9.17) is 0 Å². The number of hydrogen-bond acceptors (Lipinski definition) is 3. The van der Waals surface area contributed by atoms with Gasteiger partial charge in [0.1, 0.15) is 0 Å². The van der Waals surface area contributed by atoms with E-state index in [1.54, 1.807) is 11.8 Å². The topological polar surface area (TPSA) is 29.9 Å². The second-order valence-corrected chi connectivity index (χ2v) is 6.11. The molecule has 2 aromatic rings. The lowest BCUT2D eigenvalue weighted by Gasteiger charge is -2.09. The number of nitrogens with one attached hydrogen (secondary N) is 1. The molecule has 0 radical (unpaired) electrons. The molecule has 1 N–H and O–H groups in total. The van der Waals surface area contributed by atoms with E-state index in [0.29, 0.717) is 0 Å². The normalized spacial score (nSPS) is 10.9. The third kappa shape index (κ3) is 3.16. The Morgan fingerprint density at radius 1 is 1.39 bits per heavy atom. The minimum atomic E-state index is 0.868. The molecule has 3 nitrogen and oxygen atoms in total. The largest absolute Gasteiger partial charge is 0.316 e. The summed E-state index contributed by atoms with van der Waals surface area (Å²) in [4.78, 5) is 1.25. The second kappa shape index (κ2) is 5.91. The highest BCUT2D eigenvalue weighted by Gasteiger charge is 2.08. The quantitative estimate of drug-likeness (QED) is 0.934. The molecule has 0 saturated heterocycles. The highest BCUT2D eigenvalue weighted by Crippen LogP contribution is 2.32. The van der Waals surface area contributed by atoms with Crippen LogP contribution in [0.2, 0.25) is 0 Å². The second-order valence-electron chi connectivity index (χ2n) is 4.13. The number of aromatic nitrogens is 2. The number of aryl methyl sites for hydroxylation is 2. The average Bonchev–Trinajstić information content (AvgIpc) is 2.61. The van der Waals surface area contributed by atoms with Crippen molar-refractivity contribution in [3.8, 4) is 0 Å². The molecule has 96 valence electrons. The van der Waals surface area contributed by atoms with Gasteiger partial charge < -0.3 is 5.32 Å². The molecule has 1 aromatic heterocycles. The van der Waals surface area contributed by atoms with E-state index in [0.717, 1.165) is 21.7 Å². The van der Waals surface area contributed by atoms with E-state index in [2.05, 4.69) is 50.6 Å². The van der Waals surface area contributed by atoms with Gasteiger partial charge in [0.15, 0.2) is 0 Å².